The average molecular weight is 228 g/mol. The van der Waals surface area contributed by atoms with Gasteiger partial charge in [-0.05, 0) is 0 Å². The lowest BCUT2D eigenvalue weighted by molar-refractivity contribution is -0.131. The molecule has 1 rings (SSSR count). The SMILES string of the molecule is COc1cc(F)cc(OC)c1C(=O)C(=O)O. The highest BCUT2D eigenvalue weighted by molar-refractivity contribution is 6.41. The molecule has 1 aromatic carbocycles. The molecular weight excluding hydrogens is 219 g/mol. The standard InChI is InChI=1S/C10H9FO5/c1-15-6-3-5(11)4-7(16-2)8(6)9(12)10(13)14/h3-4H,1-2H3,(H,13,14). The molecule has 0 aromatic heterocycles. The van der Waals surface area contributed by atoms with Gasteiger partial charge in [-0.3, -0.25) is 4.79 Å². The van der Waals surface area contributed by atoms with Crippen LogP contribution in [0, 0.1) is 5.82 Å². The number of carbonyl (C=O) groups is 2. The van der Waals surface area contributed by atoms with E-state index in [0.717, 1.165) is 12.1 Å². The zero-order valence-electron chi connectivity index (χ0n) is 8.61. The monoisotopic (exact) mass is 228 g/mol. The normalized spacial score (nSPS) is 9.69. The number of aliphatic carboxylic acids is 1. The first-order valence-corrected chi connectivity index (χ1v) is 4.20. The first-order chi connectivity index (χ1) is 7.51. The number of Topliss-reactive ketones (excluding diaryl/α,β-unsaturated/α-hetero) is 1. The third-order valence-electron chi connectivity index (χ3n) is 1.89. The molecule has 6 heteroatoms. The van der Waals surface area contributed by atoms with Crippen LogP contribution in [-0.4, -0.2) is 31.1 Å². The predicted octanol–water partition coefficient (Wildman–Crippen LogP) is 1.11. The molecule has 0 spiro atoms. The van der Waals surface area contributed by atoms with Crippen LogP contribution >= 0.6 is 0 Å². The Balaban J connectivity index is 3.44. The van der Waals surface area contributed by atoms with Crippen molar-refractivity contribution in [3.63, 3.8) is 0 Å². The summed E-state index contributed by atoms with van der Waals surface area (Å²) in [7, 11) is 2.40. The second-order valence-electron chi connectivity index (χ2n) is 2.82. The number of ether oxygens (including phenoxy) is 2. The second-order valence-corrected chi connectivity index (χ2v) is 2.82. The van der Waals surface area contributed by atoms with Crippen LogP contribution in [0.3, 0.4) is 0 Å². The van der Waals surface area contributed by atoms with Gasteiger partial charge in [0.25, 0.3) is 5.78 Å². The van der Waals surface area contributed by atoms with Gasteiger partial charge in [-0.15, -0.1) is 0 Å². The number of methoxy groups -OCH3 is 2. The maximum atomic E-state index is 13.0. The Labute approximate surface area is 90.4 Å². The van der Waals surface area contributed by atoms with Gasteiger partial charge in [0, 0.05) is 12.1 Å². The van der Waals surface area contributed by atoms with Crippen LogP contribution in [0.1, 0.15) is 10.4 Å². The third-order valence-corrected chi connectivity index (χ3v) is 1.89. The first kappa shape index (κ1) is 12.0. The summed E-state index contributed by atoms with van der Waals surface area (Å²) >= 11 is 0. The summed E-state index contributed by atoms with van der Waals surface area (Å²) in [6.07, 6.45) is 0. The molecule has 0 fully saturated rings. The average Bonchev–Trinajstić information content (AvgIpc) is 2.26. The summed E-state index contributed by atoms with van der Waals surface area (Å²) in [6.45, 7) is 0. The first-order valence-electron chi connectivity index (χ1n) is 4.20. The molecule has 1 N–H and O–H groups in total. The molecule has 86 valence electrons. The molecule has 0 radical (unpaired) electrons. The van der Waals surface area contributed by atoms with Crippen LogP contribution in [-0.2, 0) is 4.79 Å². The molecule has 5 nitrogen and oxygen atoms in total. The van der Waals surface area contributed by atoms with Gasteiger partial charge in [0.1, 0.15) is 22.9 Å². The van der Waals surface area contributed by atoms with Crippen molar-refractivity contribution < 1.29 is 28.6 Å². The molecule has 1 aromatic rings. The van der Waals surface area contributed by atoms with Crippen LogP contribution in [0.4, 0.5) is 4.39 Å². The number of rotatable bonds is 4. The number of hydrogen-bond donors (Lipinski definition) is 1. The van der Waals surface area contributed by atoms with Crippen LogP contribution in [0.25, 0.3) is 0 Å². The van der Waals surface area contributed by atoms with Gasteiger partial charge in [-0.1, -0.05) is 0 Å². The number of hydrogen-bond acceptors (Lipinski definition) is 4. The van der Waals surface area contributed by atoms with E-state index in [1.165, 1.54) is 14.2 Å². The van der Waals surface area contributed by atoms with E-state index in [4.69, 9.17) is 14.6 Å². The summed E-state index contributed by atoms with van der Waals surface area (Å²) in [5.41, 5.74) is -0.307. The van der Waals surface area contributed by atoms with Crippen molar-refractivity contribution in [3.05, 3.63) is 23.5 Å². The lowest BCUT2D eigenvalue weighted by Gasteiger charge is -2.10. The van der Waals surface area contributed by atoms with E-state index in [-0.39, 0.29) is 17.1 Å². The number of carbonyl (C=O) groups excluding carboxylic acids is 1. The number of ketones is 1. The second kappa shape index (κ2) is 4.61. The Morgan fingerprint density at radius 1 is 1.19 bits per heavy atom. The van der Waals surface area contributed by atoms with Crippen LogP contribution in [0.15, 0.2) is 12.1 Å². The smallest absolute Gasteiger partial charge is 0.377 e. The number of benzene rings is 1. The van der Waals surface area contributed by atoms with Gasteiger partial charge in [-0.25, -0.2) is 9.18 Å². The van der Waals surface area contributed by atoms with Gasteiger partial charge in [0.2, 0.25) is 0 Å². The van der Waals surface area contributed by atoms with Crippen molar-refractivity contribution >= 4 is 11.8 Å². The van der Waals surface area contributed by atoms with Gasteiger partial charge in [0.15, 0.2) is 0 Å². The van der Waals surface area contributed by atoms with Crippen molar-refractivity contribution in [2.75, 3.05) is 14.2 Å². The minimum Gasteiger partial charge on any atom is -0.496 e. The Hall–Kier alpha value is -2.11. The lowest BCUT2D eigenvalue weighted by atomic mass is 10.1. The number of halogens is 1. The topological polar surface area (TPSA) is 72.8 Å². The van der Waals surface area contributed by atoms with Gasteiger partial charge >= 0.3 is 5.97 Å². The summed E-state index contributed by atoms with van der Waals surface area (Å²) in [4.78, 5) is 21.9. The zero-order valence-corrected chi connectivity index (χ0v) is 8.61. The summed E-state index contributed by atoms with van der Waals surface area (Å²) in [6, 6.07) is 1.83. The molecule has 0 saturated carbocycles. The van der Waals surface area contributed by atoms with Crippen LogP contribution in [0.2, 0.25) is 0 Å². The largest absolute Gasteiger partial charge is 0.496 e. The van der Waals surface area contributed by atoms with Crippen LogP contribution in [0.5, 0.6) is 11.5 Å². The molecule has 0 atom stereocenters. The van der Waals surface area contributed by atoms with Crippen LogP contribution < -0.4 is 9.47 Å². The maximum absolute atomic E-state index is 13.0. The van der Waals surface area contributed by atoms with E-state index in [0.29, 0.717) is 0 Å². The minimum absolute atomic E-state index is 0.177. The summed E-state index contributed by atoms with van der Waals surface area (Å²) < 4.78 is 22.5. The highest BCUT2D eigenvalue weighted by Gasteiger charge is 2.25. The van der Waals surface area contributed by atoms with Crippen molar-refractivity contribution in [2.45, 2.75) is 0 Å². The number of carboxylic acid groups (broad SMARTS) is 1. The molecular formula is C10H9FO5. The van der Waals surface area contributed by atoms with E-state index in [1.807, 2.05) is 0 Å². The fourth-order valence-electron chi connectivity index (χ4n) is 1.21. The Morgan fingerprint density at radius 3 is 1.94 bits per heavy atom. The fourth-order valence-corrected chi connectivity index (χ4v) is 1.21. The lowest BCUT2D eigenvalue weighted by Crippen LogP contribution is -2.15. The van der Waals surface area contributed by atoms with Gasteiger partial charge < -0.3 is 14.6 Å². The quantitative estimate of drug-likeness (QED) is 0.617. The third kappa shape index (κ3) is 2.10. The minimum atomic E-state index is -1.66. The summed E-state index contributed by atoms with van der Waals surface area (Å²) in [5, 5.41) is 8.59. The van der Waals surface area contributed by atoms with E-state index >= 15 is 0 Å². The van der Waals surface area contributed by atoms with E-state index in [2.05, 4.69) is 0 Å². The van der Waals surface area contributed by atoms with Crippen molar-refractivity contribution in [1.29, 1.82) is 0 Å². The fraction of sp³-hybridized carbons (Fsp3) is 0.200. The predicted molar refractivity (Wildman–Crippen MR) is 51.5 cm³/mol. The van der Waals surface area contributed by atoms with Gasteiger partial charge in [0.05, 0.1) is 14.2 Å². The Bertz CT molecular complexity index is 416. The highest BCUT2D eigenvalue weighted by Crippen LogP contribution is 2.30. The molecule has 0 aliphatic heterocycles. The molecule has 0 bridgehead atoms. The van der Waals surface area contributed by atoms with E-state index in [9.17, 15) is 14.0 Å². The van der Waals surface area contributed by atoms with E-state index < -0.39 is 17.6 Å². The molecule has 16 heavy (non-hydrogen) atoms. The molecule has 0 unspecified atom stereocenters. The Kier molecular flexibility index (Phi) is 3.44. The Morgan fingerprint density at radius 2 is 1.62 bits per heavy atom. The summed E-state index contributed by atoms with van der Waals surface area (Å²) in [5.74, 6) is -3.92. The number of carboxylic acids is 1. The van der Waals surface area contributed by atoms with Gasteiger partial charge in [-0.2, -0.15) is 0 Å². The van der Waals surface area contributed by atoms with E-state index in [1.54, 1.807) is 0 Å². The highest BCUT2D eigenvalue weighted by atomic mass is 19.1. The molecule has 0 aliphatic rings. The maximum Gasteiger partial charge on any atom is 0.377 e. The molecule has 0 heterocycles. The zero-order chi connectivity index (χ0) is 12.3. The molecule has 0 saturated heterocycles. The van der Waals surface area contributed by atoms with Crippen molar-refractivity contribution in [3.8, 4) is 11.5 Å². The molecule has 0 aliphatic carbocycles. The van der Waals surface area contributed by atoms with Crippen molar-refractivity contribution in [1.82, 2.24) is 0 Å². The molecule has 0 amide bonds. The van der Waals surface area contributed by atoms with Crippen molar-refractivity contribution in [2.24, 2.45) is 0 Å².